The number of hydrogen-bond acceptors (Lipinski definition) is 2. The Kier molecular flexibility index (Phi) is 5.13. The Balaban J connectivity index is 1.48. The zero-order valence-corrected chi connectivity index (χ0v) is 16.4. The number of ketones is 1. The molecule has 30 heavy (non-hydrogen) atoms. The maximum absolute atomic E-state index is 13.3. The van der Waals surface area contributed by atoms with Crippen molar-refractivity contribution in [3.63, 3.8) is 0 Å². The lowest BCUT2D eigenvalue weighted by molar-refractivity contribution is -0.137. The van der Waals surface area contributed by atoms with E-state index in [4.69, 9.17) is 0 Å². The molecule has 2 aromatic carbocycles. The van der Waals surface area contributed by atoms with Crippen molar-refractivity contribution in [1.82, 2.24) is 4.90 Å². The summed E-state index contributed by atoms with van der Waals surface area (Å²) in [5, 5.41) is 2.79. The van der Waals surface area contributed by atoms with E-state index in [1.165, 1.54) is 19.1 Å². The third-order valence-corrected chi connectivity index (χ3v) is 5.80. The van der Waals surface area contributed by atoms with Crippen LogP contribution in [0.1, 0.15) is 34.8 Å². The van der Waals surface area contributed by atoms with E-state index in [0.717, 1.165) is 6.07 Å². The molecular formula is C23H21F3N2O2. The predicted molar refractivity (Wildman–Crippen MR) is 108 cm³/mol. The average Bonchev–Trinajstić information content (AvgIpc) is 3.27. The van der Waals surface area contributed by atoms with Gasteiger partial charge in [0.05, 0.1) is 11.3 Å². The maximum atomic E-state index is 13.3. The van der Waals surface area contributed by atoms with Gasteiger partial charge in [-0.25, -0.2) is 4.79 Å². The average molecular weight is 414 g/mol. The van der Waals surface area contributed by atoms with Gasteiger partial charge < -0.3 is 10.2 Å². The van der Waals surface area contributed by atoms with Crippen LogP contribution in [0.15, 0.2) is 54.6 Å². The molecule has 4 nitrogen and oxygen atoms in total. The Morgan fingerprint density at radius 3 is 2.43 bits per heavy atom. The van der Waals surface area contributed by atoms with Gasteiger partial charge in [0.15, 0.2) is 5.78 Å². The number of nitrogens with one attached hydrogen (secondary N) is 1. The van der Waals surface area contributed by atoms with Crippen LogP contribution in [0.2, 0.25) is 0 Å². The number of anilines is 1. The fourth-order valence-corrected chi connectivity index (χ4v) is 4.38. The number of nitrogens with zero attached hydrogens (tertiary/aromatic N) is 1. The molecule has 0 bridgehead atoms. The van der Waals surface area contributed by atoms with E-state index in [1.807, 2.05) is 6.08 Å². The number of benzene rings is 2. The normalized spacial score (nSPS) is 20.7. The van der Waals surface area contributed by atoms with Crippen molar-refractivity contribution in [2.24, 2.45) is 11.8 Å². The van der Waals surface area contributed by atoms with Crippen LogP contribution in [0.4, 0.5) is 23.7 Å². The Labute approximate surface area is 172 Å². The highest BCUT2D eigenvalue weighted by atomic mass is 19.4. The lowest BCUT2D eigenvalue weighted by atomic mass is 9.96. The molecule has 1 saturated heterocycles. The van der Waals surface area contributed by atoms with Crippen molar-refractivity contribution in [1.29, 1.82) is 0 Å². The Bertz CT molecular complexity index is 1030. The molecule has 7 heteroatoms. The minimum absolute atomic E-state index is 0.0232. The number of urea groups is 1. The number of fused-ring (bicyclic) bond motifs is 1. The standard InChI is InChI=1S/C23H21F3N2O2/c1-14(29)18-6-3-5-9-21(18)27-22(30)28-12-16-10-15(11-17(16)13-28)19-7-2-4-8-20(19)23(24,25)26/h2-10,16-17H,11-13H2,1H3,(H,27,30)/t16-,17+/m0/s1. The smallest absolute Gasteiger partial charge is 0.324 e. The van der Waals surface area contributed by atoms with Gasteiger partial charge in [-0.1, -0.05) is 36.4 Å². The number of allylic oxidation sites excluding steroid dienone is 1. The fourth-order valence-electron chi connectivity index (χ4n) is 4.38. The van der Waals surface area contributed by atoms with Crippen molar-refractivity contribution in [2.75, 3.05) is 18.4 Å². The van der Waals surface area contributed by atoms with E-state index >= 15 is 0 Å². The summed E-state index contributed by atoms with van der Waals surface area (Å²) in [7, 11) is 0. The summed E-state index contributed by atoms with van der Waals surface area (Å²) in [6.07, 6.45) is -2.01. The van der Waals surface area contributed by atoms with Crippen molar-refractivity contribution in [2.45, 2.75) is 19.5 Å². The number of likely N-dealkylation sites (tertiary alicyclic amines) is 1. The number of carbonyl (C=O) groups excluding carboxylic acids is 2. The van der Waals surface area contributed by atoms with Crippen LogP contribution in [0, 0.1) is 11.8 Å². The first-order valence-corrected chi connectivity index (χ1v) is 9.77. The van der Waals surface area contributed by atoms with Gasteiger partial charge >= 0.3 is 12.2 Å². The van der Waals surface area contributed by atoms with E-state index in [2.05, 4.69) is 5.32 Å². The van der Waals surface area contributed by atoms with Crippen LogP contribution in [-0.2, 0) is 6.18 Å². The van der Waals surface area contributed by atoms with Crippen LogP contribution in [0.25, 0.3) is 5.57 Å². The molecule has 2 amide bonds. The molecule has 4 rings (SSSR count). The number of Topliss-reactive ketones (excluding diaryl/α,β-unsaturated/α-hetero) is 1. The van der Waals surface area contributed by atoms with Gasteiger partial charge in [-0.3, -0.25) is 4.79 Å². The zero-order chi connectivity index (χ0) is 21.5. The molecule has 156 valence electrons. The first kappa shape index (κ1) is 20.2. The van der Waals surface area contributed by atoms with E-state index < -0.39 is 11.7 Å². The van der Waals surface area contributed by atoms with Crippen LogP contribution in [0.3, 0.4) is 0 Å². The molecule has 0 aromatic heterocycles. The lowest BCUT2D eigenvalue weighted by Gasteiger charge is -2.20. The molecule has 0 saturated carbocycles. The van der Waals surface area contributed by atoms with E-state index in [0.29, 0.717) is 36.3 Å². The van der Waals surface area contributed by atoms with E-state index in [1.54, 1.807) is 35.2 Å². The Morgan fingerprint density at radius 1 is 1.03 bits per heavy atom. The second kappa shape index (κ2) is 7.63. The fraction of sp³-hybridized carbons (Fsp3) is 0.304. The zero-order valence-electron chi connectivity index (χ0n) is 16.4. The van der Waals surface area contributed by atoms with Gasteiger partial charge in [0.1, 0.15) is 0 Å². The van der Waals surface area contributed by atoms with E-state index in [9.17, 15) is 22.8 Å². The van der Waals surface area contributed by atoms with Crippen molar-refractivity contribution in [3.8, 4) is 0 Å². The van der Waals surface area contributed by atoms with Crippen LogP contribution in [-0.4, -0.2) is 29.8 Å². The minimum atomic E-state index is -4.40. The third kappa shape index (κ3) is 3.84. The molecule has 2 aliphatic rings. The Morgan fingerprint density at radius 2 is 1.73 bits per heavy atom. The SMILES string of the molecule is CC(=O)c1ccccc1NC(=O)N1C[C@H]2CC(c3ccccc3C(F)(F)F)=C[C@H]2C1. The second-order valence-corrected chi connectivity index (χ2v) is 7.80. The summed E-state index contributed by atoms with van der Waals surface area (Å²) >= 11 is 0. The quantitative estimate of drug-likeness (QED) is 0.677. The Hall–Kier alpha value is -3.09. The lowest BCUT2D eigenvalue weighted by Crippen LogP contribution is -2.34. The molecule has 2 aromatic rings. The minimum Gasteiger partial charge on any atom is -0.324 e. The summed E-state index contributed by atoms with van der Waals surface area (Å²) in [5.74, 6) is -0.0229. The molecule has 0 unspecified atom stereocenters. The molecule has 1 N–H and O–H groups in total. The molecule has 0 spiro atoms. The predicted octanol–water partition coefficient (Wildman–Crippen LogP) is 5.48. The summed E-state index contributed by atoms with van der Waals surface area (Å²) in [6.45, 7) is 2.35. The van der Waals surface area contributed by atoms with Gasteiger partial charge in [0.2, 0.25) is 0 Å². The molecule has 2 atom stereocenters. The number of alkyl halides is 3. The summed E-state index contributed by atoms with van der Waals surface area (Å²) < 4.78 is 40.0. The van der Waals surface area contributed by atoms with Crippen molar-refractivity contribution < 1.29 is 22.8 Å². The van der Waals surface area contributed by atoms with Gasteiger partial charge in [-0.2, -0.15) is 13.2 Å². The molecule has 1 aliphatic heterocycles. The van der Waals surface area contributed by atoms with E-state index in [-0.39, 0.29) is 29.2 Å². The number of halogens is 3. The number of carbonyl (C=O) groups is 2. The van der Waals surface area contributed by atoms with Crippen molar-refractivity contribution >= 4 is 23.1 Å². The second-order valence-electron chi connectivity index (χ2n) is 7.80. The number of hydrogen-bond donors (Lipinski definition) is 1. The van der Waals surface area contributed by atoms with Crippen LogP contribution < -0.4 is 5.32 Å². The third-order valence-electron chi connectivity index (χ3n) is 5.80. The highest BCUT2D eigenvalue weighted by molar-refractivity contribution is 6.03. The number of para-hydroxylation sites is 1. The summed E-state index contributed by atoms with van der Waals surface area (Å²) in [6, 6.07) is 12.1. The highest BCUT2D eigenvalue weighted by Crippen LogP contribution is 2.44. The van der Waals surface area contributed by atoms with Crippen LogP contribution in [0.5, 0.6) is 0 Å². The maximum Gasteiger partial charge on any atom is 0.416 e. The topological polar surface area (TPSA) is 49.4 Å². The van der Waals surface area contributed by atoms with Gasteiger partial charge in [-0.05, 0) is 54.5 Å². The monoisotopic (exact) mass is 414 g/mol. The van der Waals surface area contributed by atoms with Crippen LogP contribution >= 0.6 is 0 Å². The number of amides is 2. The molecule has 0 radical (unpaired) electrons. The molecular weight excluding hydrogens is 393 g/mol. The molecule has 1 fully saturated rings. The highest BCUT2D eigenvalue weighted by Gasteiger charge is 2.41. The van der Waals surface area contributed by atoms with Gasteiger partial charge in [0, 0.05) is 18.7 Å². The first-order chi connectivity index (χ1) is 14.2. The van der Waals surface area contributed by atoms with Gasteiger partial charge in [0.25, 0.3) is 0 Å². The molecule has 1 heterocycles. The van der Waals surface area contributed by atoms with Crippen molar-refractivity contribution in [3.05, 3.63) is 71.3 Å². The first-order valence-electron chi connectivity index (χ1n) is 9.77. The number of rotatable bonds is 3. The van der Waals surface area contributed by atoms with Gasteiger partial charge in [-0.15, -0.1) is 0 Å². The summed E-state index contributed by atoms with van der Waals surface area (Å²) in [4.78, 5) is 26.1. The largest absolute Gasteiger partial charge is 0.416 e. The summed E-state index contributed by atoms with van der Waals surface area (Å²) in [5.41, 5.74) is 1.20. The molecule has 1 aliphatic carbocycles.